The Kier molecular flexibility index (Phi) is 5.80. The summed E-state index contributed by atoms with van der Waals surface area (Å²) >= 11 is 11.5. The molecule has 0 aromatic heterocycles. The van der Waals surface area contributed by atoms with E-state index in [-0.39, 0.29) is 15.6 Å². The molecule has 0 aliphatic rings. The number of hydrazine groups is 1. The molecule has 0 radical (unpaired) electrons. The zero-order chi connectivity index (χ0) is 18.6. The Morgan fingerprint density at radius 3 is 2.44 bits per heavy atom. The van der Waals surface area contributed by atoms with Crippen molar-refractivity contribution in [2.45, 2.75) is 4.90 Å². The minimum absolute atomic E-state index is 0.205. The number of halogens is 2. The van der Waals surface area contributed by atoms with Gasteiger partial charge in [-0.05, 0) is 24.3 Å². The van der Waals surface area contributed by atoms with Crippen molar-refractivity contribution in [2.24, 2.45) is 0 Å². The van der Waals surface area contributed by atoms with Gasteiger partial charge < -0.3 is 5.32 Å². The van der Waals surface area contributed by atoms with Crippen molar-refractivity contribution in [3.63, 3.8) is 0 Å². The van der Waals surface area contributed by atoms with Crippen LogP contribution in [0.5, 0.6) is 0 Å². The van der Waals surface area contributed by atoms with E-state index in [0.717, 1.165) is 18.2 Å². The molecular formula is C13H10Cl2N4O5S. The highest BCUT2D eigenvalue weighted by molar-refractivity contribution is 7.89. The standard InChI is InChI=1S/C13H10Cl2N4O5S/c14-11-5-4-8(6-12(11)15)16-13(20)17-18-25(23,24)10-3-1-2-9(7-10)19(21)22/h1-7,18H,(H2,16,17,20). The minimum atomic E-state index is -4.19. The normalized spacial score (nSPS) is 11.0. The maximum absolute atomic E-state index is 12.0. The molecule has 9 nitrogen and oxygen atoms in total. The third kappa shape index (κ3) is 5.03. The van der Waals surface area contributed by atoms with Crippen molar-refractivity contribution >= 4 is 50.6 Å². The van der Waals surface area contributed by atoms with Crippen LogP contribution in [0.25, 0.3) is 0 Å². The predicted octanol–water partition coefficient (Wildman–Crippen LogP) is 2.92. The monoisotopic (exact) mass is 404 g/mol. The lowest BCUT2D eigenvalue weighted by Gasteiger charge is -2.10. The van der Waals surface area contributed by atoms with Gasteiger partial charge in [0.05, 0.1) is 19.9 Å². The van der Waals surface area contributed by atoms with Crippen molar-refractivity contribution in [3.8, 4) is 0 Å². The van der Waals surface area contributed by atoms with Crippen LogP contribution in [0.15, 0.2) is 47.4 Å². The van der Waals surface area contributed by atoms with Crippen LogP contribution in [0.1, 0.15) is 0 Å². The molecule has 2 rings (SSSR count). The predicted molar refractivity (Wildman–Crippen MR) is 92.0 cm³/mol. The third-order valence-electron chi connectivity index (χ3n) is 2.82. The van der Waals surface area contributed by atoms with E-state index in [2.05, 4.69) is 5.32 Å². The zero-order valence-electron chi connectivity index (χ0n) is 12.2. The summed E-state index contributed by atoms with van der Waals surface area (Å²) < 4.78 is 24.1. The summed E-state index contributed by atoms with van der Waals surface area (Å²) in [5.74, 6) is 0. The Bertz CT molecular complexity index is 936. The lowest BCUT2D eigenvalue weighted by Crippen LogP contribution is -2.43. The number of anilines is 1. The van der Waals surface area contributed by atoms with E-state index in [4.69, 9.17) is 23.2 Å². The first-order chi connectivity index (χ1) is 11.7. The van der Waals surface area contributed by atoms with Crippen LogP contribution >= 0.6 is 23.2 Å². The number of sulfonamides is 1. The van der Waals surface area contributed by atoms with E-state index < -0.39 is 26.7 Å². The fourth-order valence-electron chi connectivity index (χ4n) is 1.67. The summed E-state index contributed by atoms with van der Waals surface area (Å²) in [6.45, 7) is 0. The Morgan fingerprint density at radius 2 is 1.80 bits per heavy atom. The molecule has 0 heterocycles. The Hall–Kier alpha value is -2.40. The summed E-state index contributed by atoms with van der Waals surface area (Å²) in [7, 11) is -4.19. The molecule has 2 amide bonds. The van der Waals surface area contributed by atoms with E-state index in [0.29, 0.717) is 5.02 Å². The van der Waals surface area contributed by atoms with Crippen molar-refractivity contribution in [3.05, 3.63) is 62.6 Å². The molecule has 0 spiro atoms. The first-order valence-electron chi connectivity index (χ1n) is 6.47. The molecular weight excluding hydrogens is 395 g/mol. The highest BCUT2D eigenvalue weighted by Gasteiger charge is 2.18. The minimum Gasteiger partial charge on any atom is -0.307 e. The fourth-order valence-corrected chi connectivity index (χ4v) is 2.85. The first-order valence-corrected chi connectivity index (χ1v) is 8.71. The van der Waals surface area contributed by atoms with Gasteiger partial charge in [-0.15, -0.1) is 4.83 Å². The zero-order valence-corrected chi connectivity index (χ0v) is 14.5. The van der Waals surface area contributed by atoms with Gasteiger partial charge in [0.2, 0.25) is 0 Å². The second kappa shape index (κ2) is 7.66. The molecule has 0 aliphatic carbocycles. The number of urea groups is 1. The molecule has 0 unspecified atom stereocenters. The SMILES string of the molecule is O=C(NNS(=O)(=O)c1cccc([N+](=O)[O-])c1)Nc1ccc(Cl)c(Cl)c1. The van der Waals surface area contributed by atoms with Crippen LogP contribution in [0.3, 0.4) is 0 Å². The van der Waals surface area contributed by atoms with E-state index in [1.54, 1.807) is 0 Å². The van der Waals surface area contributed by atoms with Gasteiger partial charge in [-0.1, -0.05) is 29.3 Å². The van der Waals surface area contributed by atoms with Gasteiger partial charge in [-0.25, -0.2) is 13.2 Å². The molecule has 0 saturated heterocycles. The number of hydrogen-bond acceptors (Lipinski definition) is 5. The quantitative estimate of drug-likeness (QED) is 0.520. The van der Waals surface area contributed by atoms with Crippen LogP contribution in [0, 0.1) is 10.1 Å². The molecule has 2 aromatic rings. The Labute approximate surface area is 152 Å². The second-order valence-corrected chi connectivity index (χ2v) is 7.06. The number of nitrogens with one attached hydrogen (secondary N) is 3. The topological polar surface area (TPSA) is 130 Å². The summed E-state index contributed by atoms with van der Waals surface area (Å²) in [5.41, 5.74) is 1.80. The van der Waals surface area contributed by atoms with Crippen LogP contribution in [-0.2, 0) is 10.0 Å². The molecule has 0 aliphatic heterocycles. The number of nitro benzene ring substituents is 1. The number of benzene rings is 2. The lowest BCUT2D eigenvalue weighted by atomic mass is 10.3. The van der Waals surface area contributed by atoms with Crippen LogP contribution in [0.4, 0.5) is 16.2 Å². The van der Waals surface area contributed by atoms with Crippen molar-refractivity contribution in [1.29, 1.82) is 0 Å². The number of carbonyl (C=O) groups excluding carboxylic acids is 1. The van der Waals surface area contributed by atoms with Crippen molar-refractivity contribution < 1.29 is 18.1 Å². The summed E-state index contributed by atoms with van der Waals surface area (Å²) in [5, 5.41) is 13.5. The van der Waals surface area contributed by atoms with Gasteiger partial charge in [-0.3, -0.25) is 15.5 Å². The summed E-state index contributed by atoms with van der Waals surface area (Å²) in [6.07, 6.45) is 0. The molecule has 3 N–H and O–H groups in total. The number of non-ortho nitro benzene ring substituents is 1. The van der Waals surface area contributed by atoms with Crippen LogP contribution < -0.4 is 15.6 Å². The fraction of sp³-hybridized carbons (Fsp3) is 0. The highest BCUT2D eigenvalue weighted by atomic mass is 35.5. The van der Waals surface area contributed by atoms with Gasteiger partial charge in [0.25, 0.3) is 15.7 Å². The molecule has 0 fully saturated rings. The van der Waals surface area contributed by atoms with Gasteiger partial charge >= 0.3 is 6.03 Å². The average molecular weight is 405 g/mol. The molecule has 25 heavy (non-hydrogen) atoms. The second-order valence-electron chi connectivity index (χ2n) is 4.57. The smallest absolute Gasteiger partial charge is 0.307 e. The summed E-state index contributed by atoms with van der Waals surface area (Å²) in [4.78, 5) is 23.1. The van der Waals surface area contributed by atoms with E-state index in [1.165, 1.54) is 24.3 Å². The van der Waals surface area contributed by atoms with Gasteiger partial charge in [0.15, 0.2) is 0 Å². The lowest BCUT2D eigenvalue weighted by molar-refractivity contribution is -0.385. The molecule has 12 heteroatoms. The number of carbonyl (C=O) groups is 1. The van der Waals surface area contributed by atoms with Crippen LogP contribution in [0.2, 0.25) is 10.0 Å². The Morgan fingerprint density at radius 1 is 1.08 bits per heavy atom. The Balaban J connectivity index is 2.03. The average Bonchev–Trinajstić information content (AvgIpc) is 2.56. The van der Waals surface area contributed by atoms with Gasteiger partial charge in [0, 0.05) is 17.8 Å². The van der Waals surface area contributed by atoms with E-state index >= 15 is 0 Å². The number of nitrogens with zero attached hydrogens (tertiary/aromatic N) is 1. The van der Waals surface area contributed by atoms with Gasteiger partial charge in [-0.2, -0.15) is 0 Å². The van der Waals surface area contributed by atoms with E-state index in [1.807, 2.05) is 10.3 Å². The largest absolute Gasteiger partial charge is 0.334 e. The summed E-state index contributed by atoms with van der Waals surface area (Å²) in [6, 6.07) is 7.75. The number of amides is 2. The number of nitro groups is 1. The first kappa shape index (κ1) is 18.9. The maximum atomic E-state index is 12.0. The van der Waals surface area contributed by atoms with Gasteiger partial charge in [0.1, 0.15) is 0 Å². The van der Waals surface area contributed by atoms with E-state index in [9.17, 15) is 23.3 Å². The van der Waals surface area contributed by atoms with Crippen molar-refractivity contribution in [2.75, 3.05) is 5.32 Å². The molecule has 2 aromatic carbocycles. The number of rotatable bonds is 5. The maximum Gasteiger partial charge on any atom is 0.334 e. The van der Waals surface area contributed by atoms with Crippen LogP contribution in [-0.4, -0.2) is 19.4 Å². The molecule has 0 bridgehead atoms. The van der Waals surface area contributed by atoms with Crippen molar-refractivity contribution in [1.82, 2.24) is 10.3 Å². The highest BCUT2D eigenvalue weighted by Crippen LogP contribution is 2.24. The molecule has 0 saturated carbocycles. The molecule has 0 atom stereocenters. The molecule has 132 valence electrons. The number of hydrogen-bond donors (Lipinski definition) is 3. The third-order valence-corrected chi connectivity index (χ3v) is 4.80.